The Morgan fingerprint density at radius 1 is 1.09 bits per heavy atom. The van der Waals surface area contributed by atoms with E-state index in [0.717, 1.165) is 62.5 Å². The minimum Gasteiger partial charge on any atom is -0.444 e. The van der Waals surface area contributed by atoms with Crippen LogP contribution in [-0.2, 0) is 14.3 Å². The van der Waals surface area contributed by atoms with Gasteiger partial charge < -0.3 is 20.3 Å². The van der Waals surface area contributed by atoms with Gasteiger partial charge in [0.1, 0.15) is 18.2 Å². The second-order valence-electron chi connectivity index (χ2n) is 10.7. The average molecular weight is 488 g/mol. The number of benzene rings is 1. The van der Waals surface area contributed by atoms with Crippen molar-refractivity contribution in [2.24, 2.45) is 0 Å². The Morgan fingerprint density at radius 3 is 2.43 bits per heavy atom. The lowest BCUT2D eigenvalue weighted by atomic mass is 9.94. The molecule has 1 aromatic rings. The molecule has 0 heterocycles. The number of amides is 3. The lowest BCUT2D eigenvalue weighted by Crippen LogP contribution is -2.50. The fourth-order valence-corrected chi connectivity index (χ4v) is 4.51. The average Bonchev–Trinajstić information content (AvgIpc) is 2.79. The van der Waals surface area contributed by atoms with Crippen molar-refractivity contribution >= 4 is 17.9 Å². The predicted molar refractivity (Wildman–Crippen MR) is 139 cm³/mol. The first-order chi connectivity index (χ1) is 16.6. The van der Waals surface area contributed by atoms with E-state index in [1.54, 1.807) is 25.7 Å². The minimum absolute atomic E-state index is 0.139. The quantitative estimate of drug-likeness (QED) is 0.408. The summed E-state index contributed by atoms with van der Waals surface area (Å²) < 4.78 is 5.29. The molecule has 0 aliphatic heterocycles. The molecule has 3 amide bonds. The van der Waals surface area contributed by atoms with Crippen molar-refractivity contribution in [1.82, 2.24) is 15.5 Å². The van der Waals surface area contributed by atoms with E-state index >= 15 is 0 Å². The molecular weight excluding hydrogens is 442 g/mol. The highest BCUT2D eigenvalue weighted by Crippen LogP contribution is 2.25. The van der Waals surface area contributed by atoms with E-state index in [1.165, 1.54) is 6.42 Å². The number of hydrogen-bond donors (Lipinski definition) is 2. The first-order valence-electron chi connectivity index (χ1n) is 13.2. The fraction of sp³-hybridized carbons (Fsp3) is 0.679. The Hall–Kier alpha value is -2.57. The lowest BCUT2D eigenvalue weighted by Gasteiger charge is -2.34. The lowest BCUT2D eigenvalue weighted by molar-refractivity contribution is -0.140. The molecule has 0 aromatic heterocycles. The van der Waals surface area contributed by atoms with Gasteiger partial charge in [-0.2, -0.15) is 0 Å². The monoisotopic (exact) mass is 487 g/mol. The maximum absolute atomic E-state index is 13.7. The highest BCUT2D eigenvalue weighted by molar-refractivity contribution is 5.90. The smallest absolute Gasteiger partial charge is 0.408 e. The second-order valence-corrected chi connectivity index (χ2v) is 10.7. The summed E-state index contributed by atoms with van der Waals surface area (Å²) >= 11 is 0. The van der Waals surface area contributed by atoms with Gasteiger partial charge in [-0.15, -0.1) is 0 Å². The normalized spacial score (nSPS) is 15.2. The summed E-state index contributed by atoms with van der Waals surface area (Å²) in [5.74, 6) is -0.443. The van der Waals surface area contributed by atoms with Crippen LogP contribution in [0.25, 0.3) is 0 Å². The van der Waals surface area contributed by atoms with Crippen molar-refractivity contribution in [3.8, 4) is 0 Å². The first kappa shape index (κ1) is 28.7. The van der Waals surface area contributed by atoms with E-state index in [9.17, 15) is 14.4 Å². The summed E-state index contributed by atoms with van der Waals surface area (Å²) in [4.78, 5) is 40.9. The molecule has 0 bridgehead atoms. The van der Waals surface area contributed by atoms with E-state index in [-0.39, 0.29) is 24.4 Å². The number of aryl methyl sites for hydroxylation is 1. The van der Waals surface area contributed by atoms with Gasteiger partial charge in [-0.05, 0) is 52.5 Å². The van der Waals surface area contributed by atoms with Gasteiger partial charge in [0.2, 0.25) is 11.8 Å². The van der Waals surface area contributed by atoms with Gasteiger partial charge in [0.15, 0.2) is 0 Å². The van der Waals surface area contributed by atoms with Gasteiger partial charge in [0.25, 0.3) is 0 Å². The van der Waals surface area contributed by atoms with Crippen LogP contribution < -0.4 is 10.6 Å². The summed E-state index contributed by atoms with van der Waals surface area (Å²) in [5, 5.41) is 5.80. The SMILES string of the molecule is CCCCCCN(C(=O)CNC(=O)OC(C)(C)C)C(C(=O)NC1CCCCC1)c1cccc(C)c1. The molecule has 2 N–H and O–H groups in total. The molecule has 0 radical (unpaired) electrons. The Labute approximate surface area is 211 Å². The van der Waals surface area contributed by atoms with Crippen LogP contribution in [0.3, 0.4) is 0 Å². The third-order valence-corrected chi connectivity index (χ3v) is 6.23. The first-order valence-corrected chi connectivity index (χ1v) is 13.2. The van der Waals surface area contributed by atoms with Crippen LogP contribution in [0.5, 0.6) is 0 Å². The maximum atomic E-state index is 13.7. The minimum atomic E-state index is -0.744. The third kappa shape index (κ3) is 10.3. The van der Waals surface area contributed by atoms with Gasteiger partial charge in [0, 0.05) is 12.6 Å². The van der Waals surface area contributed by atoms with Crippen LogP contribution in [0.4, 0.5) is 4.79 Å². The van der Waals surface area contributed by atoms with Crippen molar-refractivity contribution in [3.05, 3.63) is 35.4 Å². The summed E-state index contributed by atoms with van der Waals surface area (Å²) in [7, 11) is 0. The predicted octanol–water partition coefficient (Wildman–Crippen LogP) is 5.42. The van der Waals surface area contributed by atoms with Gasteiger partial charge >= 0.3 is 6.09 Å². The molecule has 1 saturated carbocycles. The fourth-order valence-electron chi connectivity index (χ4n) is 4.51. The number of rotatable bonds is 11. The second kappa shape index (κ2) is 14.1. The number of carbonyl (C=O) groups is 3. The molecule has 1 atom stereocenters. The van der Waals surface area contributed by atoms with E-state index in [0.29, 0.717) is 6.54 Å². The molecule has 1 fully saturated rings. The highest BCUT2D eigenvalue weighted by Gasteiger charge is 2.33. The van der Waals surface area contributed by atoms with Crippen molar-refractivity contribution in [2.45, 2.75) is 110 Å². The van der Waals surface area contributed by atoms with Gasteiger partial charge in [-0.1, -0.05) is 75.3 Å². The number of hydrogen-bond acceptors (Lipinski definition) is 4. The molecule has 1 aromatic carbocycles. The molecular formula is C28H45N3O4. The highest BCUT2D eigenvalue weighted by atomic mass is 16.6. The van der Waals surface area contributed by atoms with E-state index in [1.807, 2.05) is 31.2 Å². The standard InChI is InChI=1S/C28H45N3O4/c1-6-7-8-12-18-31(24(32)20-29-27(34)35-28(3,4)5)25(22-15-13-14-21(2)19-22)26(33)30-23-16-10-9-11-17-23/h13-15,19,23,25H,6-12,16-18,20H2,1-5H3,(H,29,34)(H,30,33). The number of nitrogens with zero attached hydrogens (tertiary/aromatic N) is 1. The largest absolute Gasteiger partial charge is 0.444 e. The Morgan fingerprint density at radius 2 is 1.80 bits per heavy atom. The molecule has 0 spiro atoms. The zero-order valence-corrected chi connectivity index (χ0v) is 22.3. The van der Waals surface area contributed by atoms with Crippen LogP contribution in [0.15, 0.2) is 24.3 Å². The van der Waals surface area contributed by atoms with Crippen LogP contribution in [0.2, 0.25) is 0 Å². The molecule has 35 heavy (non-hydrogen) atoms. The molecule has 1 aliphatic rings. The van der Waals surface area contributed by atoms with Gasteiger partial charge in [-0.3, -0.25) is 9.59 Å². The molecule has 7 heteroatoms. The van der Waals surface area contributed by atoms with Crippen LogP contribution in [0.1, 0.15) is 103 Å². The third-order valence-electron chi connectivity index (χ3n) is 6.23. The molecule has 0 saturated heterocycles. The number of ether oxygens (including phenoxy) is 1. The van der Waals surface area contributed by atoms with Crippen molar-refractivity contribution in [3.63, 3.8) is 0 Å². The Balaban J connectivity index is 2.27. The topological polar surface area (TPSA) is 87.7 Å². The zero-order chi connectivity index (χ0) is 25.8. The van der Waals surface area contributed by atoms with Crippen LogP contribution in [0, 0.1) is 6.92 Å². The van der Waals surface area contributed by atoms with Gasteiger partial charge in [0.05, 0.1) is 0 Å². The molecule has 196 valence electrons. The molecule has 1 aliphatic carbocycles. The zero-order valence-electron chi connectivity index (χ0n) is 22.3. The van der Waals surface area contributed by atoms with Crippen LogP contribution >= 0.6 is 0 Å². The summed E-state index contributed by atoms with van der Waals surface area (Å²) in [5.41, 5.74) is 1.17. The van der Waals surface area contributed by atoms with Crippen molar-refractivity contribution in [2.75, 3.05) is 13.1 Å². The Kier molecular flexibility index (Phi) is 11.5. The number of nitrogens with one attached hydrogen (secondary N) is 2. The van der Waals surface area contributed by atoms with Crippen LogP contribution in [-0.4, -0.2) is 47.5 Å². The number of carbonyl (C=O) groups excluding carboxylic acids is 3. The number of unbranched alkanes of at least 4 members (excludes halogenated alkanes) is 3. The van der Waals surface area contributed by atoms with Gasteiger partial charge in [-0.25, -0.2) is 4.79 Å². The summed E-state index contributed by atoms with van der Waals surface area (Å²) in [6.45, 7) is 9.68. The van der Waals surface area contributed by atoms with E-state index in [4.69, 9.17) is 4.74 Å². The van der Waals surface area contributed by atoms with E-state index < -0.39 is 17.7 Å². The molecule has 7 nitrogen and oxygen atoms in total. The molecule has 2 rings (SSSR count). The van der Waals surface area contributed by atoms with E-state index in [2.05, 4.69) is 17.6 Å². The van der Waals surface area contributed by atoms with Crippen molar-refractivity contribution in [1.29, 1.82) is 0 Å². The molecule has 1 unspecified atom stereocenters. The summed E-state index contributed by atoms with van der Waals surface area (Å²) in [6, 6.07) is 7.18. The summed E-state index contributed by atoms with van der Waals surface area (Å²) in [6.07, 6.45) is 8.64. The number of alkyl carbamates (subject to hydrolysis) is 1. The maximum Gasteiger partial charge on any atom is 0.408 e. The Bertz CT molecular complexity index is 828. The van der Waals surface area contributed by atoms with Crippen molar-refractivity contribution < 1.29 is 19.1 Å².